The van der Waals surface area contributed by atoms with Crippen molar-refractivity contribution < 1.29 is 4.79 Å². The molecule has 1 saturated heterocycles. The van der Waals surface area contributed by atoms with Crippen molar-refractivity contribution in [2.45, 2.75) is 20.3 Å². The molecule has 0 saturated carbocycles. The SMILES string of the molecule is CC(C)C(=O)NCC1CCSC1. The van der Waals surface area contributed by atoms with E-state index in [2.05, 4.69) is 5.32 Å². The second kappa shape index (κ2) is 4.75. The van der Waals surface area contributed by atoms with E-state index in [1.165, 1.54) is 17.9 Å². The van der Waals surface area contributed by atoms with Crippen LogP contribution in [0.15, 0.2) is 0 Å². The van der Waals surface area contributed by atoms with Crippen molar-refractivity contribution in [1.29, 1.82) is 0 Å². The molecule has 0 aliphatic carbocycles. The molecule has 0 radical (unpaired) electrons. The summed E-state index contributed by atoms with van der Waals surface area (Å²) in [4.78, 5) is 11.2. The summed E-state index contributed by atoms with van der Waals surface area (Å²) in [5.41, 5.74) is 0. The Bertz CT molecular complexity index is 153. The van der Waals surface area contributed by atoms with Crippen LogP contribution in [0.1, 0.15) is 20.3 Å². The summed E-state index contributed by atoms with van der Waals surface area (Å²) in [6.07, 6.45) is 1.27. The first-order valence-electron chi connectivity index (χ1n) is 4.55. The molecule has 1 amide bonds. The standard InChI is InChI=1S/C9H17NOS/c1-7(2)9(11)10-5-8-3-4-12-6-8/h7-8H,3-6H2,1-2H3,(H,10,11). The minimum atomic E-state index is 0.124. The van der Waals surface area contributed by atoms with Crippen molar-refractivity contribution in [2.75, 3.05) is 18.1 Å². The topological polar surface area (TPSA) is 29.1 Å². The maximum atomic E-state index is 11.2. The third-order valence-corrected chi connectivity index (χ3v) is 3.34. The highest BCUT2D eigenvalue weighted by Crippen LogP contribution is 2.22. The number of hydrogen-bond donors (Lipinski definition) is 1. The molecular weight excluding hydrogens is 170 g/mol. The van der Waals surface area contributed by atoms with Crippen LogP contribution in [-0.2, 0) is 4.79 Å². The van der Waals surface area contributed by atoms with Crippen molar-refractivity contribution in [3.8, 4) is 0 Å². The van der Waals surface area contributed by atoms with Crippen LogP contribution in [0.5, 0.6) is 0 Å². The van der Waals surface area contributed by atoms with E-state index in [1.54, 1.807) is 0 Å². The number of thioether (sulfide) groups is 1. The molecule has 1 aliphatic heterocycles. The Morgan fingerprint density at radius 3 is 2.92 bits per heavy atom. The summed E-state index contributed by atoms with van der Waals surface area (Å²) in [5.74, 6) is 3.52. The van der Waals surface area contributed by atoms with E-state index in [1.807, 2.05) is 25.6 Å². The third-order valence-electron chi connectivity index (χ3n) is 2.11. The molecule has 1 aliphatic rings. The Hall–Kier alpha value is -0.180. The minimum absolute atomic E-state index is 0.124. The monoisotopic (exact) mass is 187 g/mol. The normalized spacial score (nSPS) is 23.1. The Morgan fingerprint density at radius 1 is 1.67 bits per heavy atom. The largest absolute Gasteiger partial charge is 0.356 e. The van der Waals surface area contributed by atoms with Crippen LogP contribution in [0.4, 0.5) is 0 Å². The van der Waals surface area contributed by atoms with E-state index in [0.29, 0.717) is 0 Å². The summed E-state index contributed by atoms with van der Waals surface area (Å²) in [6.45, 7) is 4.74. The third kappa shape index (κ3) is 3.05. The van der Waals surface area contributed by atoms with Crippen molar-refractivity contribution >= 4 is 17.7 Å². The number of carbonyl (C=O) groups is 1. The number of hydrogen-bond acceptors (Lipinski definition) is 2. The van der Waals surface area contributed by atoms with E-state index < -0.39 is 0 Å². The van der Waals surface area contributed by atoms with Crippen LogP contribution in [0.3, 0.4) is 0 Å². The Morgan fingerprint density at radius 2 is 2.42 bits per heavy atom. The Balaban J connectivity index is 2.12. The maximum absolute atomic E-state index is 11.2. The highest BCUT2D eigenvalue weighted by Gasteiger charge is 2.16. The lowest BCUT2D eigenvalue weighted by atomic mass is 10.1. The first-order valence-corrected chi connectivity index (χ1v) is 5.71. The van der Waals surface area contributed by atoms with E-state index >= 15 is 0 Å². The van der Waals surface area contributed by atoms with Gasteiger partial charge in [0.05, 0.1) is 0 Å². The van der Waals surface area contributed by atoms with Gasteiger partial charge in [-0.1, -0.05) is 13.8 Å². The number of amides is 1. The van der Waals surface area contributed by atoms with Crippen molar-refractivity contribution in [3.63, 3.8) is 0 Å². The Labute approximate surface area is 78.5 Å². The number of nitrogens with one attached hydrogen (secondary N) is 1. The molecular formula is C9H17NOS. The molecule has 1 fully saturated rings. The lowest BCUT2D eigenvalue weighted by Crippen LogP contribution is -2.32. The van der Waals surface area contributed by atoms with Gasteiger partial charge in [0.15, 0.2) is 0 Å². The van der Waals surface area contributed by atoms with Crippen molar-refractivity contribution in [1.82, 2.24) is 5.32 Å². The zero-order chi connectivity index (χ0) is 8.97. The van der Waals surface area contributed by atoms with E-state index in [9.17, 15) is 4.79 Å². The molecule has 1 rings (SSSR count). The van der Waals surface area contributed by atoms with E-state index in [4.69, 9.17) is 0 Å². The molecule has 1 N–H and O–H groups in total. The van der Waals surface area contributed by atoms with Gasteiger partial charge >= 0.3 is 0 Å². The zero-order valence-corrected chi connectivity index (χ0v) is 8.62. The number of carbonyl (C=O) groups excluding carboxylic acids is 1. The van der Waals surface area contributed by atoms with Crippen LogP contribution >= 0.6 is 11.8 Å². The predicted molar refractivity (Wildman–Crippen MR) is 53.3 cm³/mol. The smallest absolute Gasteiger partial charge is 0.222 e. The fraction of sp³-hybridized carbons (Fsp3) is 0.889. The van der Waals surface area contributed by atoms with Gasteiger partial charge in [-0.3, -0.25) is 4.79 Å². The fourth-order valence-corrected chi connectivity index (χ4v) is 2.48. The van der Waals surface area contributed by atoms with Gasteiger partial charge in [-0.25, -0.2) is 0 Å². The molecule has 70 valence electrons. The molecule has 1 atom stereocenters. The minimum Gasteiger partial charge on any atom is -0.356 e. The van der Waals surface area contributed by atoms with Gasteiger partial charge in [0.25, 0.3) is 0 Å². The van der Waals surface area contributed by atoms with Crippen molar-refractivity contribution in [2.24, 2.45) is 11.8 Å². The second-order valence-electron chi connectivity index (χ2n) is 3.63. The van der Waals surface area contributed by atoms with Crippen LogP contribution < -0.4 is 5.32 Å². The van der Waals surface area contributed by atoms with Crippen LogP contribution in [0, 0.1) is 11.8 Å². The maximum Gasteiger partial charge on any atom is 0.222 e. The molecule has 0 aromatic heterocycles. The van der Waals surface area contributed by atoms with Gasteiger partial charge in [-0.2, -0.15) is 11.8 Å². The molecule has 12 heavy (non-hydrogen) atoms. The molecule has 3 heteroatoms. The fourth-order valence-electron chi connectivity index (χ4n) is 1.19. The summed E-state index contributed by atoms with van der Waals surface area (Å²) >= 11 is 1.99. The van der Waals surface area contributed by atoms with Crippen LogP contribution in [0.2, 0.25) is 0 Å². The summed E-state index contributed by atoms with van der Waals surface area (Å²) in [5, 5.41) is 2.97. The number of rotatable bonds is 3. The summed E-state index contributed by atoms with van der Waals surface area (Å²) in [6, 6.07) is 0. The average molecular weight is 187 g/mol. The van der Waals surface area contributed by atoms with Gasteiger partial charge in [-0.15, -0.1) is 0 Å². The van der Waals surface area contributed by atoms with Gasteiger partial charge in [-0.05, 0) is 23.8 Å². The highest BCUT2D eigenvalue weighted by atomic mass is 32.2. The first kappa shape index (κ1) is 9.90. The molecule has 2 nitrogen and oxygen atoms in total. The molecule has 1 heterocycles. The van der Waals surface area contributed by atoms with Gasteiger partial charge in [0.1, 0.15) is 0 Å². The first-order chi connectivity index (χ1) is 5.70. The molecule has 0 aromatic carbocycles. The van der Waals surface area contributed by atoms with Gasteiger partial charge in [0, 0.05) is 12.5 Å². The van der Waals surface area contributed by atoms with E-state index in [-0.39, 0.29) is 11.8 Å². The highest BCUT2D eigenvalue weighted by molar-refractivity contribution is 7.99. The van der Waals surface area contributed by atoms with Gasteiger partial charge < -0.3 is 5.32 Å². The lowest BCUT2D eigenvalue weighted by Gasteiger charge is -2.11. The molecule has 0 bridgehead atoms. The zero-order valence-electron chi connectivity index (χ0n) is 7.80. The summed E-state index contributed by atoms with van der Waals surface area (Å²) < 4.78 is 0. The molecule has 0 spiro atoms. The average Bonchev–Trinajstić information content (AvgIpc) is 2.51. The van der Waals surface area contributed by atoms with Crippen molar-refractivity contribution in [3.05, 3.63) is 0 Å². The van der Waals surface area contributed by atoms with Crippen LogP contribution in [-0.4, -0.2) is 24.0 Å². The van der Waals surface area contributed by atoms with Crippen LogP contribution in [0.25, 0.3) is 0 Å². The lowest BCUT2D eigenvalue weighted by molar-refractivity contribution is -0.124. The molecule has 1 unspecified atom stereocenters. The van der Waals surface area contributed by atoms with Gasteiger partial charge in [0.2, 0.25) is 5.91 Å². The second-order valence-corrected chi connectivity index (χ2v) is 4.78. The van der Waals surface area contributed by atoms with E-state index in [0.717, 1.165) is 12.5 Å². The Kier molecular flexibility index (Phi) is 3.92. The predicted octanol–water partition coefficient (Wildman–Crippen LogP) is 1.51. The quantitative estimate of drug-likeness (QED) is 0.725. The molecule has 0 aromatic rings. The summed E-state index contributed by atoms with van der Waals surface area (Å²) in [7, 11) is 0.